The van der Waals surface area contributed by atoms with Gasteiger partial charge < -0.3 is 10.5 Å². The number of thioether (sulfide) groups is 1. The average Bonchev–Trinajstić information content (AvgIpc) is 2.42. The molecule has 19 heavy (non-hydrogen) atoms. The van der Waals surface area contributed by atoms with Gasteiger partial charge in [0.25, 0.3) is 0 Å². The van der Waals surface area contributed by atoms with Crippen LogP contribution in [0, 0.1) is 0 Å². The zero-order valence-corrected chi connectivity index (χ0v) is 12.7. The van der Waals surface area contributed by atoms with Gasteiger partial charge in [0.1, 0.15) is 5.75 Å². The van der Waals surface area contributed by atoms with Crippen molar-refractivity contribution in [3.05, 3.63) is 29.8 Å². The van der Waals surface area contributed by atoms with Crippen LogP contribution in [0.1, 0.15) is 25.5 Å². The van der Waals surface area contributed by atoms with Crippen LogP contribution in [0.3, 0.4) is 0 Å². The van der Waals surface area contributed by atoms with E-state index in [1.54, 1.807) is 0 Å². The zero-order valence-electron chi connectivity index (χ0n) is 11.8. The fraction of sp³-hybridized carbons (Fsp3) is 0.600. The predicted molar refractivity (Wildman–Crippen MR) is 82.9 cm³/mol. The van der Waals surface area contributed by atoms with Crippen LogP contribution in [0.4, 0.5) is 0 Å². The molecule has 1 aromatic rings. The molecule has 1 saturated heterocycles. The first-order valence-corrected chi connectivity index (χ1v) is 8.08. The summed E-state index contributed by atoms with van der Waals surface area (Å²) in [5.74, 6) is 2.14. The molecule has 4 heteroatoms. The summed E-state index contributed by atoms with van der Waals surface area (Å²) in [6, 6.07) is 8.72. The molecule has 1 heterocycles. The van der Waals surface area contributed by atoms with Crippen LogP contribution in [0.2, 0.25) is 0 Å². The molecule has 106 valence electrons. The van der Waals surface area contributed by atoms with Gasteiger partial charge in [-0.25, -0.2) is 0 Å². The molecule has 1 aliphatic heterocycles. The molecule has 2 N–H and O–H groups in total. The number of benzene rings is 1. The molecule has 0 spiro atoms. The Bertz CT molecular complexity index is 382. The Morgan fingerprint density at radius 1 is 1.42 bits per heavy atom. The Morgan fingerprint density at radius 3 is 2.74 bits per heavy atom. The Kier molecular flexibility index (Phi) is 5.55. The maximum Gasteiger partial charge on any atom is 0.119 e. The van der Waals surface area contributed by atoms with Gasteiger partial charge in [0.2, 0.25) is 0 Å². The van der Waals surface area contributed by atoms with E-state index in [9.17, 15) is 0 Å². The molecule has 0 saturated carbocycles. The van der Waals surface area contributed by atoms with Crippen LogP contribution < -0.4 is 10.5 Å². The van der Waals surface area contributed by atoms with E-state index in [0.717, 1.165) is 18.8 Å². The third-order valence-electron chi connectivity index (χ3n) is 3.51. The Hall–Kier alpha value is -0.710. The van der Waals surface area contributed by atoms with E-state index in [1.165, 1.54) is 11.3 Å². The Balaban J connectivity index is 2.07. The van der Waals surface area contributed by atoms with E-state index in [-0.39, 0.29) is 0 Å². The highest BCUT2D eigenvalue weighted by Crippen LogP contribution is 2.27. The third kappa shape index (κ3) is 3.88. The number of nitrogens with two attached hydrogens (primary N) is 1. The van der Waals surface area contributed by atoms with Crippen molar-refractivity contribution in [2.45, 2.75) is 25.1 Å². The highest BCUT2D eigenvalue weighted by molar-refractivity contribution is 7.99. The molecule has 0 aromatic heterocycles. The summed E-state index contributed by atoms with van der Waals surface area (Å²) in [4.78, 5) is 2.51. The van der Waals surface area contributed by atoms with E-state index in [1.807, 2.05) is 19.1 Å². The van der Waals surface area contributed by atoms with Gasteiger partial charge >= 0.3 is 0 Å². The Labute approximate surface area is 120 Å². The summed E-state index contributed by atoms with van der Waals surface area (Å²) in [5, 5.41) is 0.700. The number of hydrogen-bond donors (Lipinski definition) is 1. The molecule has 2 rings (SSSR count). The van der Waals surface area contributed by atoms with E-state index < -0.39 is 0 Å². The minimum absolute atomic E-state index is 0.332. The lowest BCUT2D eigenvalue weighted by atomic mass is 10.0. The molecule has 3 nitrogen and oxygen atoms in total. The van der Waals surface area contributed by atoms with Crippen LogP contribution in [-0.4, -0.2) is 42.1 Å². The summed E-state index contributed by atoms with van der Waals surface area (Å²) in [6.07, 6.45) is 0. The van der Waals surface area contributed by atoms with Crippen LogP contribution in [0.25, 0.3) is 0 Å². The molecule has 1 aliphatic rings. The zero-order chi connectivity index (χ0) is 13.7. The number of ether oxygens (including phenoxy) is 1. The molecule has 0 radical (unpaired) electrons. The monoisotopic (exact) mass is 280 g/mol. The van der Waals surface area contributed by atoms with E-state index in [2.05, 4.69) is 35.7 Å². The van der Waals surface area contributed by atoms with Gasteiger partial charge in [-0.3, -0.25) is 4.90 Å². The Morgan fingerprint density at radius 2 is 2.16 bits per heavy atom. The highest BCUT2D eigenvalue weighted by atomic mass is 32.2. The molecular weight excluding hydrogens is 256 g/mol. The van der Waals surface area contributed by atoms with Crippen molar-refractivity contribution < 1.29 is 4.74 Å². The highest BCUT2D eigenvalue weighted by Gasteiger charge is 2.24. The van der Waals surface area contributed by atoms with E-state index >= 15 is 0 Å². The molecule has 1 aromatic carbocycles. The van der Waals surface area contributed by atoms with Crippen molar-refractivity contribution >= 4 is 11.8 Å². The normalized spacial score (nSPS) is 22.2. The minimum Gasteiger partial charge on any atom is -0.494 e. The first-order chi connectivity index (χ1) is 9.24. The van der Waals surface area contributed by atoms with Gasteiger partial charge in [-0.2, -0.15) is 11.8 Å². The second-order valence-electron chi connectivity index (χ2n) is 4.93. The summed E-state index contributed by atoms with van der Waals surface area (Å²) in [5.41, 5.74) is 7.29. The van der Waals surface area contributed by atoms with Crippen molar-refractivity contribution in [2.24, 2.45) is 5.73 Å². The van der Waals surface area contributed by atoms with Crippen molar-refractivity contribution in [2.75, 3.05) is 32.0 Å². The van der Waals surface area contributed by atoms with Crippen molar-refractivity contribution in [1.29, 1.82) is 0 Å². The molecule has 0 aliphatic carbocycles. The van der Waals surface area contributed by atoms with Crippen molar-refractivity contribution in [3.63, 3.8) is 0 Å². The van der Waals surface area contributed by atoms with Crippen LogP contribution >= 0.6 is 11.8 Å². The molecule has 1 fully saturated rings. The van der Waals surface area contributed by atoms with Gasteiger partial charge in [0.05, 0.1) is 6.61 Å². The topological polar surface area (TPSA) is 38.5 Å². The number of nitrogens with zero attached hydrogens (tertiary/aromatic N) is 1. The first-order valence-electron chi connectivity index (χ1n) is 7.03. The van der Waals surface area contributed by atoms with E-state index in [4.69, 9.17) is 10.5 Å². The summed E-state index contributed by atoms with van der Waals surface area (Å²) in [6.45, 7) is 7.93. The van der Waals surface area contributed by atoms with Gasteiger partial charge in [-0.15, -0.1) is 0 Å². The fourth-order valence-electron chi connectivity index (χ4n) is 2.58. The number of hydrogen-bond acceptors (Lipinski definition) is 4. The summed E-state index contributed by atoms with van der Waals surface area (Å²) < 4.78 is 5.49. The van der Waals surface area contributed by atoms with Gasteiger partial charge in [0.15, 0.2) is 0 Å². The van der Waals surface area contributed by atoms with Gasteiger partial charge in [0, 0.05) is 36.7 Å². The van der Waals surface area contributed by atoms with Gasteiger partial charge in [-0.05, 0) is 24.6 Å². The SMILES string of the molecule is CCOc1ccc(C(CN)N2CCSC(C)C2)cc1. The second kappa shape index (κ2) is 7.17. The quantitative estimate of drug-likeness (QED) is 0.899. The standard InChI is InChI=1S/C15H24N2OS/c1-3-18-14-6-4-13(5-7-14)15(10-16)17-8-9-19-12(2)11-17/h4-7,12,15H,3,8-11,16H2,1-2H3. The lowest BCUT2D eigenvalue weighted by molar-refractivity contribution is 0.211. The third-order valence-corrected chi connectivity index (χ3v) is 4.65. The first kappa shape index (κ1) is 14.7. The maximum absolute atomic E-state index is 6.00. The molecule has 2 unspecified atom stereocenters. The number of rotatable bonds is 5. The second-order valence-corrected chi connectivity index (χ2v) is 6.48. The maximum atomic E-state index is 6.00. The van der Waals surface area contributed by atoms with E-state index in [0.29, 0.717) is 24.4 Å². The van der Waals surface area contributed by atoms with Gasteiger partial charge in [-0.1, -0.05) is 19.1 Å². The largest absolute Gasteiger partial charge is 0.494 e. The molecular formula is C15H24N2OS. The average molecular weight is 280 g/mol. The smallest absolute Gasteiger partial charge is 0.119 e. The lowest BCUT2D eigenvalue weighted by Crippen LogP contribution is -2.42. The fourth-order valence-corrected chi connectivity index (χ4v) is 3.62. The van der Waals surface area contributed by atoms with Crippen LogP contribution in [0.5, 0.6) is 5.75 Å². The lowest BCUT2D eigenvalue weighted by Gasteiger charge is -2.36. The van der Waals surface area contributed by atoms with Crippen LogP contribution in [0.15, 0.2) is 24.3 Å². The molecule has 0 bridgehead atoms. The summed E-state index contributed by atoms with van der Waals surface area (Å²) in [7, 11) is 0. The molecule has 0 amide bonds. The molecule has 2 atom stereocenters. The summed E-state index contributed by atoms with van der Waals surface area (Å²) >= 11 is 2.05. The van der Waals surface area contributed by atoms with Crippen LogP contribution in [-0.2, 0) is 0 Å². The minimum atomic E-state index is 0.332. The van der Waals surface area contributed by atoms with Crippen molar-refractivity contribution in [1.82, 2.24) is 4.90 Å². The predicted octanol–water partition coefficient (Wildman–Crippen LogP) is 2.52. The van der Waals surface area contributed by atoms with Crippen molar-refractivity contribution in [3.8, 4) is 5.75 Å².